The first-order valence-electron chi connectivity index (χ1n) is 9.38. The lowest BCUT2D eigenvalue weighted by molar-refractivity contribution is 0.385. The first-order chi connectivity index (χ1) is 12.1. The van der Waals surface area contributed by atoms with Gasteiger partial charge in [0.05, 0.1) is 17.8 Å². The Morgan fingerprint density at radius 2 is 2.12 bits per heavy atom. The summed E-state index contributed by atoms with van der Waals surface area (Å²) >= 11 is 0. The zero-order valence-electron chi connectivity index (χ0n) is 14.9. The molecule has 0 spiro atoms. The summed E-state index contributed by atoms with van der Waals surface area (Å²) in [6.45, 7) is 0.628. The maximum Gasteiger partial charge on any atom is 0.191 e. The first-order valence-corrected chi connectivity index (χ1v) is 11.2. The molecular formula is C18H28IN3O3S. The standard InChI is InChI=1S/C18H27N3O3S.HI/c22-25(23)9-6-15(12-25)20-18(19-7-5-16-2-1-8-24-16)21-17-11-13-3-4-14(17)10-13;/h1-2,8,13-15,17H,3-7,9-12H2,(H2,19,20,21);1H. The van der Waals surface area contributed by atoms with Crippen molar-refractivity contribution in [2.24, 2.45) is 16.8 Å². The number of halogens is 1. The quantitative estimate of drug-likeness (QED) is 0.374. The fourth-order valence-electron chi connectivity index (χ4n) is 4.56. The van der Waals surface area contributed by atoms with Crippen LogP contribution in [-0.4, -0.2) is 44.5 Å². The van der Waals surface area contributed by atoms with E-state index < -0.39 is 9.84 Å². The Morgan fingerprint density at radius 1 is 1.23 bits per heavy atom. The van der Waals surface area contributed by atoms with E-state index in [0.29, 0.717) is 19.0 Å². The van der Waals surface area contributed by atoms with Gasteiger partial charge in [0.2, 0.25) is 0 Å². The van der Waals surface area contributed by atoms with E-state index in [1.807, 2.05) is 12.1 Å². The molecule has 2 saturated carbocycles. The maximum absolute atomic E-state index is 11.7. The van der Waals surface area contributed by atoms with Crippen LogP contribution in [0.5, 0.6) is 0 Å². The molecule has 1 aromatic heterocycles. The SMILES string of the molecule is I.O=S1(=O)CCC(NC(=NCCc2ccco2)NC2CC3CCC2C3)C1. The summed E-state index contributed by atoms with van der Waals surface area (Å²) in [5.74, 6) is 3.78. The normalized spacial score (nSPS) is 32.4. The Hall–Kier alpha value is -0.770. The van der Waals surface area contributed by atoms with Gasteiger partial charge in [-0.15, -0.1) is 24.0 Å². The van der Waals surface area contributed by atoms with Crippen molar-refractivity contribution in [3.05, 3.63) is 24.2 Å². The molecule has 26 heavy (non-hydrogen) atoms. The van der Waals surface area contributed by atoms with Crippen molar-refractivity contribution in [2.45, 2.75) is 50.6 Å². The minimum atomic E-state index is -2.89. The van der Waals surface area contributed by atoms with Crippen LogP contribution < -0.4 is 10.6 Å². The number of fused-ring (bicyclic) bond motifs is 2. The molecule has 0 aromatic carbocycles. The van der Waals surface area contributed by atoms with Gasteiger partial charge in [0, 0.05) is 25.0 Å². The van der Waals surface area contributed by atoms with Gasteiger partial charge in [-0.05, 0) is 49.7 Å². The van der Waals surface area contributed by atoms with E-state index in [1.165, 1.54) is 25.7 Å². The molecule has 2 bridgehead atoms. The summed E-state index contributed by atoms with van der Waals surface area (Å²) in [4.78, 5) is 4.70. The van der Waals surface area contributed by atoms with E-state index in [4.69, 9.17) is 9.41 Å². The third kappa shape index (κ3) is 4.94. The number of hydrogen-bond donors (Lipinski definition) is 2. The largest absolute Gasteiger partial charge is 0.469 e. The summed E-state index contributed by atoms with van der Waals surface area (Å²) in [5, 5.41) is 6.96. The molecule has 4 unspecified atom stereocenters. The highest BCUT2D eigenvalue weighted by Crippen LogP contribution is 2.44. The molecule has 8 heteroatoms. The van der Waals surface area contributed by atoms with Crippen molar-refractivity contribution >= 4 is 39.8 Å². The molecule has 4 rings (SSSR count). The van der Waals surface area contributed by atoms with E-state index in [1.54, 1.807) is 6.26 Å². The topological polar surface area (TPSA) is 83.7 Å². The number of hydrogen-bond acceptors (Lipinski definition) is 4. The third-order valence-electron chi connectivity index (χ3n) is 5.84. The predicted molar refractivity (Wildman–Crippen MR) is 113 cm³/mol. The number of sulfone groups is 1. The van der Waals surface area contributed by atoms with Gasteiger partial charge in [-0.1, -0.05) is 6.42 Å². The van der Waals surface area contributed by atoms with Crippen LogP contribution in [-0.2, 0) is 16.3 Å². The molecule has 0 radical (unpaired) electrons. The Morgan fingerprint density at radius 3 is 2.73 bits per heavy atom. The maximum atomic E-state index is 11.7. The minimum absolute atomic E-state index is 0. The van der Waals surface area contributed by atoms with Crippen molar-refractivity contribution in [1.29, 1.82) is 0 Å². The molecule has 146 valence electrons. The molecule has 1 aromatic rings. The number of furan rings is 1. The van der Waals surface area contributed by atoms with Gasteiger partial charge in [0.15, 0.2) is 15.8 Å². The highest BCUT2D eigenvalue weighted by atomic mass is 127. The molecule has 4 atom stereocenters. The van der Waals surface area contributed by atoms with Crippen molar-refractivity contribution in [3.8, 4) is 0 Å². The minimum Gasteiger partial charge on any atom is -0.469 e. The van der Waals surface area contributed by atoms with Crippen LogP contribution in [0.2, 0.25) is 0 Å². The molecule has 2 N–H and O–H groups in total. The van der Waals surface area contributed by atoms with Gasteiger partial charge in [-0.25, -0.2) is 8.42 Å². The summed E-state index contributed by atoms with van der Waals surface area (Å²) in [5.41, 5.74) is 0. The second-order valence-electron chi connectivity index (χ2n) is 7.73. The Labute approximate surface area is 172 Å². The van der Waals surface area contributed by atoms with Crippen molar-refractivity contribution in [2.75, 3.05) is 18.1 Å². The second kappa shape index (κ2) is 8.50. The monoisotopic (exact) mass is 493 g/mol. The Bertz CT molecular complexity index is 720. The zero-order chi connectivity index (χ0) is 17.3. The number of guanidine groups is 1. The van der Waals surface area contributed by atoms with Crippen molar-refractivity contribution in [3.63, 3.8) is 0 Å². The zero-order valence-corrected chi connectivity index (χ0v) is 18.0. The molecular weight excluding hydrogens is 465 g/mol. The van der Waals surface area contributed by atoms with Crippen LogP contribution in [0, 0.1) is 11.8 Å². The van der Waals surface area contributed by atoms with Crippen LogP contribution in [0.15, 0.2) is 27.8 Å². The molecule has 2 heterocycles. The van der Waals surface area contributed by atoms with E-state index in [9.17, 15) is 8.42 Å². The van der Waals surface area contributed by atoms with Gasteiger partial charge in [-0.2, -0.15) is 0 Å². The third-order valence-corrected chi connectivity index (χ3v) is 7.61. The van der Waals surface area contributed by atoms with Crippen LogP contribution in [0.1, 0.15) is 37.9 Å². The van der Waals surface area contributed by atoms with E-state index >= 15 is 0 Å². The average Bonchev–Trinajstić information content (AvgIpc) is 3.32. The molecule has 3 aliphatic rings. The van der Waals surface area contributed by atoms with Gasteiger partial charge in [0.1, 0.15) is 5.76 Å². The molecule has 2 aliphatic carbocycles. The lowest BCUT2D eigenvalue weighted by Crippen LogP contribution is -2.49. The molecule has 6 nitrogen and oxygen atoms in total. The smallest absolute Gasteiger partial charge is 0.191 e. The van der Waals surface area contributed by atoms with E-state index in [0.717, 1.165) is 30.0 Å². The molecule has 1 aliphatic heterocycles. The van der Waals surface area contributed by atoms with Crippen LogP contribution in [0.3, 0.4) is 0 Å². The van der Waals surface area contributed by atoms with Gasteiger partial charge < -0.3 is 15.1 Å². The van der Waals surface area contributed by atoms with E-state index in [2.05, 4.69) is 10.6 Å². The van der Waals surface area contributed by atoms with Gasteiger partial charge in [0.25, 0.3) is 0 Å². The van der Waals surface area contributed by atoms with Crippen LogP contribution in [0.25, 0.3) is 0 Å². The Kier molecular flexibility index (Phi) is 6.53. The fraction of sp³-hybridized carbons (Fsp3) is 0.722. The van der Waals surface area contributed by atoms with Crippen LogP contribution in [0.4, 0.5) is 0 Å². The molecule has 1 saturated heterocycles. The van der Waals surface area contributed by atoms with Crippen LogP contribution >= 0.6 is 24.0 Å². The lowest BCUT2D eigenvalue weighted by Gasteiger charge is -2.26. The van der Waals surface area contributed by atoms with Gasteiger partial charge >= 0.3 is 0 Å². The molecule has 3 fully saturated rings. The highest BCUT2D eigenvalue weighted by Gasteiger charge is 2.40. The lowest BCUT2D eigenvalue weighted by atomic mass is 9.95. The van der Waals surface area contributed by atoms with E-state index in [-0.39, 0.29) is 41.5 Å². The molecule has 0 amide bonds. The summed E-state index contributed by atoms with van der Waals surface area (Å²) in [7, 11) is -2.89. The highest BCUT2D eigenvalue weighted by molar-refractivity contribution is 14.0. The average molecular weight is 493 g/mol. The summed E-state index contributed by atoms with van der Waals surface area (Å²) in [6, 6.07) is 4.29. The number of nitrogens with one attached hydrogen (secondary N) is 2. The summed E-state index contributed by atoms with van der Waals surface area (Å²) in [6.07, 6.45) is 8.30. The fourth-order valence-corrected chi connectivity index (χ4v) is 6.24. The first kappa shape index (κ1) is 20.0. The van der Waals surface area contributed by atoms with Crippen molar-refractivity contribution < 1.29 is 12.8 Å². The number of rotatable bonds is 5. The predicted octanol–water partition coefficient (Wildman–Crippen LogP) is 2.35. The number of nitrogens with zero attached hydrogens (tertiary/aromatic N) is 1. The summed E-state index contributed by atoms with van der Waals surface area (Å²) < 4.78 is 28.8. The van der Waals surface area contributed by atoms with Gasteiger partial charge in [-0.3, -0.25) is 4.99 Å². The van der Waals surface area contributed by atoms with Crippen molar-refractivity contribution in [1.82, 2.24) is 10.6 Å². The number of aliphatic imine (C=N–C) groups is 1. The Balaban J connectivity index is 0.00000196. The second-order valence-corrected chi connectivity index (χ2v) is 9.96.